The highest BCUT2D eigenvalue weighted by Gasteiger charge is 2.27. The Morgan fingerprint density at radius 3 is 2.15 bits per heavy atom. The van der Waals surface area contributed by atoms with Gasteiger partial charge >= 0.3 is 0 Å². The molecule has 2 saturated carbocycles. The van der Waals surface area contributed by atoms with Crippen LogP contribution in [-0.2, 0) is 0 Å². The molecule has 0 saturated heterocycles. The van der Waals surface area contributed by atoms with Gasteiger partial charge in [0.25, 0.3) is 0 Å². The van der Waals surface area contributed by atoms with E-state index in [4.69, 9.17) is 0 Å². The van der Waals surface area contributed by atoms with Crippen LogP contribution in [0.2, 0.25) is 0 Å². The van der Waals surface area contributed by atoms with Gasteiger partial charge < -0.3 is 5.32 Å². The molecule has 118 valence electrons. The van der Waals surface area contributed by atoms with E-state index in [-0.39, 0.29) is 0 Å². The first-order valence-electron chi connectivity index (χ1n) is 9.63. The van der Waals surface area contributed by atoms with Crippen molar-refractivity contribution in [3.05, 3.63) is 0 Å². The van der Waals surface area contributed by atoms with E-state index in [0.717, 1.165) is 17.9 Å². The Balaban J connectivity index is 1.54. The Morgan fingerprint density at radius 1 is 0.850 bits per heavy atom. The minimum atomic E-state index is 0.896. The van der Waals surface area contributed by atoms with Gasteiger partial charge in [-0.25, -0.2) is 0 Å². The second kappa shape index (κ2) is 9.82. The maximum atomic E-state index is 3.80. The molecule has 0 bridgehead atoms. The highest BCUT2D eigenvalue weighted by atomic mass is 14.9. The second-order valence-electron chi connectivity index (χ2n) is 7.40. The van der Waals surface area contributed by atoms with Gasteiger partial charge in [0, 0.05) is 6.04 Å². The molecule has 0 radical (unpaired) electrons. The van der Waals surface area contributed by atoms with E-state index in [1.807, 2.05) is 0 Å². The van der Waals surface area contributed by atoms with Gasteiger partial charge in [0.1, 0.15) is 0 Å². The van der Waals surface area contributed by atoms with Gasteiger partial charge in [0.2, 0.25) is 0 Å². The van der Waals surface area contributed by atoms with Crippen molar-refractivity contribution in [2.24, 2.45) is 11.8 Å². The molecule has 0 heterocycles. The van der Waals surface area contributed by atoms with Crippen LogP contribution in [0.5, 0.6) is 0 Å². The van der Waals surface area contributed by atoms with Gasteiger partial charge in [-0.1, -0.05) is 77.6 Å². The number of unbranched alkanes of at least 4 members (excludes halogenated alkanes) is 6. The van der Waals surface area contributed by atoms with Crippen LogP contribution < -0.4 is 5.32 Å². The van der Waals surface area contributed by atoms with Crippen LogP contribution in [0.25, 0.3) is 0 Å². The summed E-state index contributed by atoms with van der Waals surface area (Å²) in [5.41, 5.74) is 0. The third-order valence-electron chi connectivity index (χ3n) is 5.49. The van der Waals surface area contributed by atoms with Gasteiger partial charge in [-0.15, -0.1) is 0 Å². The topological polar surface area (TPSA) is 12.0 Å². The Kier molecular flexibility index (Phi) is 8.02. The zero-order chi connectivity index (χ0) is 14.0. The van der Waals surface area contributed by atoms with E-state index < -0.39 is 0 Å². The smallest absolute Gasteiger partial charge is 0.00683 e. The molecule has 1 unspecified atom stereocenters. The van der Waals surface area contributed by atoms with Crippen molar-refractivity contribution >= 4 is 0 Å². The standard InChI is InChI=1S/C19H37N/c1-2-3-4-5-6-7-8-13-18(16-20-19-14-15-19)17-11-9-10-12-17/h17-20H,2-16H2,1H3. The fourth-order valence-electron chi connectivity index (χ4n) is 3.90. The average Bonchev–Trinajstić information content (AvgIpc) is 3.13. The predicted octanol–water partition coefficient (Wildman–Crippen LogP) is 5.69. The SMILES string of the molecule is CCCCCCCCCC(CNC1CC1)C1CCCC1. The number of nitrogens with one attached hydrogen (secondary N) is 1. The molecule has 1 atom stereocenters. The molecule has 1 nitrogen and oxygen atoms in total. The lowest BCUT2D eigenvalue weighted by molar-refractivity contribution is 0.294. The fraction of sp³-hybridized carbons (Fsp3) is 1.00. The Morgan fingerprint density at radius 2 is 1.50 bits per heavy atom. The lowest BCUT2D eigenvalue weighted by atomic mass is 9.86. The summed E-state index contributed by atoms with van der Waals surface area (Å²) < 4.78 is 0. The van der Waals surface area contributed by atoms with Crippen LogP contribution in [0.4, 0.5) is 0 Å². The predicted molar refractivity (Wildman–Crippen MR) is 89.1 cm³/mol. The molecule has 0 amide bonds. The average molecular weight is 280 g/mol. The minimum absolute atomic E-state index is 0.896. The lowest BCUT2D eigenvalue weighted by Crippen LogP contribution is -2.28. The van der Waals surface area contributed by atoms with E-state index in [1.165, 1.54) is 96.4 Å². The summed E-state index contributed by atoms with van der Waals surface area (Å²) in [5.74, 6) is 2.05. The molecule has 1 heteroatoms. The quantitative estimate of drug-likeness (QED) is 0.453. The molecule has 0 aromatic rings. The van der Waals surface area contributed by atoms with Crippen molar-refractivity contribution in [2.75, 3.05) is 6.54 Å². The lowest BCUT2D eigenvalue weighted by Gasteiger charge is -2.24. The van der Waals surface area contributed by atoms with Crippen LogP contribution >= 0.6 is 0 Å². The molecule has 0 aromatic heterocycles. The van der Waals surface area contributed by atoms with E-state index in [1.54, 1.807) is 0 Å². The van der Waals surface area contributed by atoms with Crippen LogP contribution in [0.3, 0.4) is 0 Å². The van der Waals surface area contributed by atoms with Crippen LogP contribution in [-0.4, -0.2) is 12.6 Å². The monoisotopic (exact) mass is 279 g/mol. The molecule has 0 aromatic carbocycles. The van der Waals surface area contributed by atoms with E-state index in [0.29, 0.717) is 0 Å². The number of hydrogen-bond acceptors (Lipinski definition) is 1. The maximum Gasteiger partial charge on any atom is 0.00683 e. The minimum Gasteiger partial charge on any atom is -0.314 e. The first-order valence-corrected chi connectivity index (χ1v) is 9.63. The normalized spacial score (nSPS) is 21.4. The summed E-state index contributed by atoms with van der Waals surface area (Å²) >= 11 is 0. The van der Waals surface area contributed by atoms with Crippen molar-refractivity contribution in [1.29, 1.82) is 0 Å². The fourth-order valence-corrected chi connectivity index (χ4v) is 3.90. The maximum absolute atomic E-state index is 3.80. The third-order valence-corrected chi connectivity index (χ3v) is 5.49. The summed E-state index contributed by atoms with van der Waals surface area (Å²) in [7, 11) is 0. The van der Waals surface area contributed by atoms with E-state index in [9.17, 15) is 0 Å². The second-order valence-corrected chi connectivity index (χ2v) is 7.40. The summed E-state index contributed by atoms with van der Waals surface area (Å²) in [4.78, 5) is 0. The molecule has 0 aliphatic heterocycles. The molecular formula is C19H37N. The molecule has 2 aliphatic rings. The summed E-state index contributed by atoms with van der Waals surface area (Å²) in [5, 5.41) is 3.80. The van der Waals surface area contributed by atoms with Crippen LogP contribution in [0.15, 0.2) is 0 Å². The van der Waals surface area contributed by atoms with Gasteiger partial charge in [0.15, 0.2) is 0 Å². The highest BCUT2D eigenvalue weighted by molar-refractivity contribution is 4.84. The largest absolute Gasteiger partial charge is 0.314 e. The molecule has 2 fully saturated rings. The van der Waals surface area contributed by atoms with Crippen molar-refractivity contribution in [2.45, 2.75) is 103 Å². The zero-order valence-corrected chi connectivity index (χ0v) is 13.8. The van der Waals surface area contributed by atoms with Gasteiger partial charge in [-0.2, -0.15) is 0 Å². The summed E-state index contributed by atoms with van der Waals surface area (Å²) in [6, 6.07) is 0.896. The van der Waals surface area contributed by atoms with Gasteiger partial charge in [0.05, 0.1) is 0 Å². The van der Waals surface area contributed by atoms with E-state index >= 15 is 0 Å². The Hall–Kier alpha value is -0.0400. The van der Waals surface area contributed by atoms with E-state index in [2.05, 4.69) is 12.2 Å². The van der Waals surface area contributed by atoms with Crippen molar-refractivity contribution in [1.82, 2.24) is 5.32 Å². The molecule has 1 N–H and O–H groups in total. The molecule has 2 aliphatic carbocycles. The highest BCUT2D eigenvalue weighted by Crippen LogP contribution is 2.34. The first kappa shape index (κ1) is 16.3. The number of hydrogen-bond donors (Lipinski definition) is 1. The molecular weight excluding hydrogens is 242 g/mol. The van der Waals surface area contributed by atoms with Crippen LogP contribution in [0, 0.1) is 11.8 Å². The van der Waals surface area contributed by atoms with Crippen LogP contribution in [0.1, 0.15) is 96.8 Å². The molecule has 20 heavy (non-hydrogen) atoms. The van der Waals surface area contributed by atoms with Gasteiger partial charge in [-0.05, 0) is 37.6 Å². The Bertz CT molecular complexity index is 228. The van der Waals surface area contributed by atoms with Crippen molar-refractivity contribution in [3.8, 4) is 0 Å². The summed E-state index contributed by atoms with van der Waals surface area (Å²) in [6.07, 6.45) is 20.6. The molecule has 2 rings (SSSR count). The van der Waals surface area contributed by atoms with Crippen molar-refractivity contribution < 1.29 is 0 Å². The molecule has 0 spiro atoms. The third kappa shape index (κ3) is 6.61. The van der Waals surface area contributed by atoms with Gasteiger partial charge in [-0.3, -0.25) is 0 Å². The first-order chi connectivity index (χ1) is 9.90. The zero-order valence-electron chi connectivity index (χ0n) is 13.8. The van der Waals surface area contributed by atoms with Crippen molar-refractivity contribution in [3.63, 3.8) is 0 Å². The summed E-state index contributed by atoms with van der Waals surface area (Å²) in [6.45, 7) is 3.63. The Labute approximate surface area is 127 Å². The number of rotatable bonds is 12.